The Morgan fingerprint density at radius 1 is 1.06 bits per heavy atom. The van der Waals surface area contributed by atoms with E-state index in [1.54, 1.807) is 0 Å². The third-order valence-electron chi connectivity index (χ3n) is 6.85. The highest BCUT2D eigenvalue weighted by Crippen LogP contribution is 2.51. The van der Waals surface area contributed by atoms with Gasteiger partial charge in [-0.1, -0.05) is 31.2 Å². The number of anilines is 2. The number of carbonyl (C=O) groups excluding carboxylic acids is 2. The summed E-state index contributed by atoms with van der Waals surface area (Å²) in [7, 11) is 1.35. The molecule has 36 heavy (non-hydrogen) atoms. The minimum atomic E-state index is -0.449. The van der Waals surface area contributed by atoms with Crippen molar-refractivity contribution in [2.75, 3.05) is 57.2 Å². The van der Waals surface area contributed by atoms with E-state index in [9.17, 15) is 9.59 Å². The first-order valence-electron chi connectivity index (χ1n) is 12.2. The van der Waals surface area contributed by atoms with Gasteiger partial charge in [-0.15, -0.1) is 11.3 Å². The second kappa shape index (κ2) is 10.5. The molecule has 0 radical (unpaired) electrons. The van der Waals surface area contributed by atoms with Crippen LogP contribution in [-0.4, -0.2) is 63.5 Å². The molecule has 5 rings (SSSR count). The lowest BCUT2D eigenvalue weighted by Crippen LogP contribution is -2.38. The topological polar surface area (TPSA) is 89.1 Å². The van der Waals surface area contributed by atoms with E-state index in [4.69, 9.17) is 14.2 Å². The molecule has 2 fully saturated rings. The Labute approximate surface area is 214 Å². The van der Waals surface area contributed by atoms with E-state index >= 15 is 0 Å². The normalized spacial score (nSPS) is 16.9. The molecule has 1 saturated heterocycles. The van der Waals surface area contributed by atoms with Gasteiger partial charge in [-0.2, -0.15) is 0 Å². The molecule has 1 aromatic heterocycles. The quantitative estimate of drug-likeness (QED) is 0.411. The lowest BCUT2D eigenvalue weighted by Gasteiger charge is -2.26. The highest BCUT2D eigenvalue weighted by atomic mass is 32.1. The van der Waals surface area contributed by atoms with Gasteiger partial charge < -0.3 is 24.8 Å². The molecule has 2 aliphatic rings. The van der Waals surface area contributed by atoms with Crippen LogP contribution in [0.15, 0.2) is 42.5 Å². The molecule has 190 valence electrons. The van der Waals surface area contributed by atoms with Crippen LogP contribution in [0.2, 0.25) is 0 Å². The fourth-order valence-electron chi connectivity index (χ4n) is 4.35. The Balaban J connectivity index is 1.29. The lowest BCUT2D eigenvalue weighted by atomic mass is 10.1. The molecule has 8 nitrogen and oxygen atoms in total. The first kappa shape index (κ1) is 24.5. The molecule has 2 amide bonds. The number of hydrogen-bond acceptors (Lipinski definition) is 7. The van der Waals surface area contributed by atoms with E-state index in [1.165, 1.54) is 18.4 Å². The van der Waals surface area contributed by atoms with Crippen LogP contribution in [0.5, 0.6) is 5.75 Å². The van der Waals surface area contributed by atoms with E-state index in [0.717, 1.165) is 67.1 Å². The van der Waals surface area contributed by atoms with Gasteiger partial charge in [-0.05, 0) is 31.0 Å². The highest BCUT2D eigenvalue weighted by Gasteiger charge is 2.41. The molecule has 9 heteroatoms. The first-order valence-corrected chi connectivity index (χ1v) is 13.0. The number of urea groups is 1. The van der Waals surface area contributed by atoms with Gasteiger partial charge >= 0.3 is 12.0 Å². The molecule has 0 unspecified atom stereocenters. The number of nitrogens with zero attached hydrogens (tertiary/aromatic N) is 1. The number of rotatable bonds is 8. The predicted molar refractivity (Wildman–Crippen MR) is 142 cm³/mol. The Morgan fingerprint density at radius 3 is 2.50 bits per heavy atom. The van der Waals surface area contributed by atoms with Crippen molar-refractivity contribution in [2.24, 2.45) is 0 Å². The van der Waals surface area contributed by atoms with Crippen molar-refractivity contribution in [1.29, 1.82) is 0 Å². The highest BCUT2D eigenvalue weighted by molar-refractivity contribution is 7.14. The van der Waals surface area contributed by atoms with Crippen molar-refractivity contribution >= 4 is 45.5 Å². The molecule has 0 spiro atoms. The van der Waals surface area contributed by atoms with E-state index in [1.807, 2.05) is 42.5 Å². The van der Waals surface area contributed by atoms with Gasteiger partial charge in [0.2, 0.25) is 0 Å². The van der Waals surface area contributed by atoms with Gasteiger partial charge in [0, 0.05) is 40.7 Å². The molecule has 2 aromatic carbocycles. The van der Waals surface area contributed by atoms with Crippen molar-refractivity contribution in [3.63, 3.8) is 0 Å². The van der Waals surface area contributed by atoms with Crippen molar-refractivity contribution in [3.8, 4) is 5.75 Å². The van der Waals surface area contributed by atoms with Crippen molar-refractivity contribution < 1.29 is 23.8 Å². The summed E-state index contributed by atoms with van der Waals surface area (Å²) >= 11 is 1.39. The van der Waals surface area contributed by atoms with Crippen molar-refractivity contribution in [3.05, 3.63) is 52.2 Å². The Morgan fingerprint density at radius 2 is 1.78 bits per heavy atom. The van der Waals surface area contributed by atoms with Crippen LogP contribution in [0.3, 0.4) is 0 Å². The number of hydrogen-bond donors (Lipinski definition) is 2. The Kier molecular flexibility index (Phi) is 7.13. The number of thiophene rings is 1. The fourth-order valence-corrected chi connectivity index (χ4v) is 5.58. The molecule has 2 heterocycles. The van der Waals surface area contributed by atoms with Gasteiger partial charge in [-0.25, -0.2) is 9.59 Å². The Hall–Kier alpha value is -3.14. The maximum Gasteiger partial charge on any atom is 0.350 e. The summed E-state index contributed by atoms with van der Waals surface area (Å²) in [6.07, 6.45) is 2.15. The number of ether oxygens (including phenoxy) is 3. The number of benzene rings is 2. The van der Waals surface area contributed by atoms with E-state index < -0.39 is 12.0 Å². The van der Waals surface area contributed by atoms with E-state index in [2.05, 4.69) is 22.5 Å². The smallest absolute Gasteiger partial charge is 0.350 e. The molecule has 1 aliphatic heterocycles. The monoisotopic (exact) mass is 509 g/mol. The molecule has 1 saturated carbocycles. The second-order valence-corrected chi connectivity index (χ2v) is 10.5. The molecule has 2 N–H and O–H groups in total. The lowest BCUT2D eigenvalue weighted by molar-refractivity contribution is 0.0323. The van der Waals surface area contributed by atoms with Crippen LogP contribution in [0.4, 0.5) is 16.2 Å². The number of morpholine rings is 1. The summed E-state index contributed by atoms with van der Waals surface area (Å²) in [4.78, 5) is 29.1. The zero-order valence-electron chi connectivity index (χ0n) is 20.6. The molecule has 3 aromatic rings. The predicted octanol–water partition coefficient (Wildman–Crippen LogP) is 5.09. The number of fused-ring (bicyclic) bond motifs is 1. The number of amides is 2. The van der Waals surface area contributed by atoms with Crippen LogP contribution in [0.25, 0.3) is 10.8 Å². The number of nitrogens with one attached hydrogen (secondary N) is 2. The second-order valence-electron chi connectivity index (χ2n) is 9.44. The number of methoxy groups -OCH3 is 1. The summed E-state index contributed by atoms with van der Waals surface area (Å²) < 4.78 is 16.5. The van der Waals surface area contributed by atoms with E-state index in [0.29, 0.717) is 22.9 Å². The first-order chi connectivity index (χ1) is 17.5. The number of carbonyl (C=O) groups is 2. The van der Waals surface area contributed by atoms with Crippen LogP contribution < -0.4 is 15.4 Å². The van der Waals surface area contributed by atoms with Crippen LogP contribution in [0.1, 0.15) is 34.3 Å². The zero-order chi connectivity index (χ0) is 25.1. The van der Waals surface area contributed by atoms with Crippen LogP contribution >= 0.6 is 11.3 Å². The Bertz CT molecular complexity index is 1260. The maximum atomic E-state index is 13.0. The van der Waals surface area contributed by atoms with Gasteiger partial charge in [-0.3, -0.25) is 4.90 Å². The average molecular weight is 510 g/mol. The zero-order valence-corrected chi connectivity index (χ0v) is 21.4. The molecule has 0 atom stereocenters. The maximum absolute atomic E-state index is 13.0. The molecule has 1 aliphatic carbocycles. The fraction of sp³-hybridized carbons (Fsp3) is 0.407. The van der Waals surface area contributed by atoms with Crippen molar-refractivity contribution in [2.45, 2.75) is 25.2 Å². The van der Waals surface area contributed by atoms with Gasteiger partial charge in [0.1, 0.15) is 17.2 Å². The van der Waals surface area contributed by atoms with Crippen LogP contribution in [-0.2, 0) is 14.9 Å². The summed E-state index contributed by atoms with van der Waals surface area (Å²) in [6, 6.07) is 13.0. The van der Waals surface area contributed by atoms with Crippen LogP contribution in [0, 0.1) is 0 Å². The van der Waals surface area contributed by atoms with Gasteiger partial charge in [0.25, 0.3) is 0 Å². The summed E-state index contributed by atoms with van der Waals surface area (Å²) in [5.74, 6) is 0.327. The summed E-state index contributed by atoms with van der Waals surface area (Å²) in [5.41, 5.74) is 1.21. The third-order valence-corrected chi connectivity index (χ3v) is 8.27. The minimum Gasteiger partial charge on any atom is -0.492 e. The van der Waals surface area contributed by atoms with Crippen molar-refractivity contribution in [1.82, 2.24) is 4.90 Å². The minimum absolute atomic E-state index is 0.0810. The SMILES string of the molecule is COC(=O)c1sc(C2(C)CC2)cc1NC(=O)Nc1ccc(OCCN2CCOCC2)c2ccccc12. The number of esters is 1. The summed E-state index contributed by atoms with van der Waals surface area (Å²) in [6.45, 7) is 6.95. The average Bonchev–Trinajstić information content (AvgIpc) is 3.51. The third kappa shape index (κ3) is 5.33. The summed E-state index contributed by atoms with van der Waals surface area (Å²) in [5, 5.41) is 7.60. The van der Waals surface area contributed by atoms with E-state index in [-0.39, 0.29) is 5.41 Å². The van der Waals surface area contributed by atoms with Gasteiger partial charge in [0.05, 0.1) is 31.7 Å². The molecule has 0 bridgehead atoms. The molecular weight excluding hydrogens is 478 g/mol. The largest absolute Gasteiger partial charge is 0.492 e. The van der Waals surface area contributed by atoms with Gasteiger partial charge in [0.15, 0.2) is 0 Å². The standard InChI is InChI=1S/C27H31N3O5S/c1-27(9-10-27)23-17-21(24(36-23)25(31)33-2)29-26(32)28-20-7-8-22(19-6-4-3-5-18(19)20)35-16-13-30-11-14-34-15-12-30/h3-8,17H,9-16H2,1-2H3,(H2,28,29,32). The molecular formula is C27H31N3O5S.